The van der Waals surface area contributed by atoms with Gasteiger partial charge in [0.1, 0.15) is 0 Å². The van der Waals surface area contributed by atoms with Crippen LogP contribution in [-0.4, -0.2) is 77.5 Å². The molecule has 1 aromatic carbocycles. The van der Waals surface area contributed by atoms with Crippen LogP contribution in [0.15, 0.2) is 24.3 Å². The minimum atomic E-state index is -1.82. The van der Waals surface area contributed by atoms with Gasteiger partial charge in [-0.25, -0.2) is 19.2 Å². The van der Waals surface area contributed by atoms with Gasteiger partial charge >= 0.3 is 23.9 Å². The topological polar surface area (TPSA) is 190 Å². The molecule has 0 radical (unpaired) electrons. The highest BCUT2D eigenvalue weighted by Crippen LogP contribution is 2.16. The molecule has 0 saturated carbocycles. The summed E-state index contributed by atoms with van der Waals surface area (Å²) in [6.07, 6.45) is 0. The molecule has 0 saturated heterocycles. The van der Waals surface area contributed by atoms with Crippen LogP contribution in [0.5, 0.6) is 0 Å². The second-order valence-corrected chi connectivity index (χ2v) is 5.09. The normalized spacial score (nSPS) is 9.00. The molecule has 0 unspecified atom stereocenters. The number of anilines is 1. The Labute approximate surface area is 160 Å². The number of aliphatic carboxylic acids is 4. The zero-order valence-electron chi connectivity index (χ0n) is 14.5. The quantitative estimate of drug-likeness (QED) is 0.266. The van der Waals surface area contributed by atoms with Crippen molar-refractivity contribution < 1.29 is 39.6 Å². The standard InChI is InChI=1S/C11H18ClN3.2C2H2O4/c1-15(9-8-14-7-6-13)11-4-2-10(12)3-5-11;2*3-1(4)2(5)6/h2-5,14H,6-9,13H2,1H3;2*(H,3,4)(H,5,6). The van der Waals surface area contributed by atoms with E-state index in [1.807, 2.05) is 24.3 Å². The van der Waals surface area contributed by atoms with Gasteiger partial charge in [-0.2, -0.15) is 0 Å². The van der Waals surface area contributed by atoms with E-state index in [2.05, 4.69) is 17.3 Å². The number of nitrogens with one attached hydrogen (secondary N) is 1. The first-order valence-electron chi connectivity index (χ1n) is 7.32. The van der Waals surface area contributed by atoms with Gasteiger partial charge in [0, 0.05) is 43.9 Å². The monoisotopic (exact) mass is 407 g/mol. The van der Waals surface area contributed by atoms with E-state index >= 15 is 0 Å². The summed E-state index contributed by atoms with van der Waals surface area (Å²) in [5.41, 5.74) is 6.56. The lowest BCUT2D eigenvalue weighted by atomic mass is 10.3. The molecule has 0 aromatic heterocycles. The molecule has 12 heteroatoms. The van der Waals surface area contributed by atoms with Crippen LogP contribution in [0.25, 0.3) is 0 Å². The summed E-state index contributed by atoms with van der Waals surface area (Å²) >= 11 is 5.82. The Bertz CT molecular complexity index is 562. The Morgan fingerprint density at radius 2 is 1.33 bits per heavy atom. The van der Waals surface area contributed by atoms with Crippen LogP contribution < -0.4 is 16.0 Å². The van der Waals surface area contributed by atoms with Crippen LogP contribution in [0.2, 0.25) is 5.02 Å². The number of carbonyl (C=O) groups is 4. The van der Waals surface area contributed by atoms with Crippen molar-refractivity contribution >= 4 is 41.2 Å². The summed E-state index contributed by atoms with van der Waals surface area (Å²) in [6, 6.07) is 7.85. The highest BCUT2D eigenvalue weighted by Gasteiger charge is 2.04. The van der Waals surface area contributed by atoms with E-state index in [1.54, 1.807) is 0 Å². The number of nitrogens with zero attached hydrogens (tertiary/aromatic N) is 1. The number of benzene rings is 1. The lowest BCUT2D eigenvalue weighted by Crippen LogP contribution is -2.31. The van der Waals surface area contributed by atoms with Crippen molar-refractivity contribution in [2.75, 3.05) is 38.1 Å². The molecule has 152 valence electrons. The number of rotatable bonds is 6. The first-order valence-corrected chi connectivity index (χ1v) is 7.70. The largest absolute Gasteiger partial charge is 0.473 e. The second-order valence-electron chi connectivity index (χ2n) is 4.66. The SMILES string of the molecule is CN(CCNCCN)c1ccc(Cl)cc1.O=C(O)C(=O)O.O=C(O)C(=O)O. The number of likely N-dealkylation sites (N-methyl/N-ethyl adjacent to an activating group) is 1. The average molecular weight is 408 g/mol. The highest BCUT2D eigenvalue weighted by atomic mass is 35.5. The van der Waals surface area contributed by atoms with Crippen molar-refractivity contribution in [1.82, 2.24) is 5.32 Å². The average Bonchev–Trinajstić information content (AvgIpc) is 2.60. The Morgan fingerprint density at radius 3 is 1.67 bits per heavy atom. The van der Waals surface area contributed by atoms with Crippen molar-refractivity contribution in [1.29, 1.82) is 0 Å². The molecular formula is C15H22ClN3O8. The van der Waals surface area contributed by atoms with E-state index in [0.717, 1.165) is 24.7 Å². The highest BCUT2D eigenvalue weighted by molar-refractivity contribution is 6.30. The van der Waals surface area contributed by atoms with E-state index < -0.39 is 23.9 Å². The summed E-state index contributed by atoms with van der Waals surface area (Å²) in [7, 11) is 2.06. The first kappa shape index (κ1) is 26.3. The third kappa shape index (κ3) is 16.3. The molecule has 0 aliphatic carbocycles. The molecule has 0 spiro atoms. The van der Waals surface area contributed by atoms with Crippen LogP contribution in [0, 0.1) is 0 Å². The van der Waals surface area contributed by atoms with E-state index in [1.165, 1.54) is 5.69 Å². The van der Waals surface area contributed by atoms with Gasteiger partial charge in [-0.15, -0.1) is 0 Å². The molecule has 0 atom stereocenters. The summed E-state index contributed by atoms with van der Waals surface area (Å²) in [6.45, 7) is 3.46. The third-order valence-corrected chi connectivity index (χ3v) is 2.83. The van der Waals surface area contributed by atoms with Gasteiger partial charge in [0.05, 0.1) is 0 Å². The number of halogens is 1. The Hall–Kier alpha value is -2.89. The molecule has 0 fully saturated rings. The van der Waals surface area contributed by atoms with Gasteiger partial charge < -0.3 is 36.4 Å². The van der Waals surface area contributed by atoms with E-state index in [9.17, 15) is 0 Å². The van der Waals surface area contributed by atoms with Gasteiger partial charge in [-0.1, -0.05) is 11.6 Å². The predicted octanol–water partition coefficient (Wildman–Crippen LogP) is -0.364. The molecular weight excluding hydrogens is 386 g/mol. The minimum Gasteiger partial charge on any atom is -0.473 e. The van der Waals surface area contributed by atoms with Gasteiger partial charge in [-0.05, 0) is 24.3 Å². The lowest BCUT2D eigenvalue weighted by molar-refractivity contribution is -0.159. The molecule has 27 heavy (non-hydrogen) atoms. The molecule has 0 amide bonds. The molecule has 0 aliphatic heterocycles. The molecule has 0 bridgehead atoms. The van der Waals surface area contributed by atoms with Crippen LogP contribution in [0.3, 0.4) is 0 Å². The summed E-state index contributed by atoms with van der Waals surface area (Å²) in [5, 5.41) is 33.6. The van der Waals surface area contributed by atoms with Gasteiger partial charge in [0.15, 0.2) is 0 Å². The van der Waals surface area contributed by atoms with Gasteiger partial charge in [-0.3, -0.25) is 0 Å². The molecule has 1 rings (SSSR count). The van der Waals surface area contributed by atoms with Gasteiger partial charge in [0.25, 0.3) is 0 Å². The van der Waals surface area contributed by atoms with E-state index in [4.69, 9.17) is 56.9 Å². The number of carboxylic acid groups (broad SMARTS) is 4. The van der Waals surface area contributed by atoms with Crippen molar-refractivity contribution in [3.63, 3.8) is 0 Å². The van der Waals surface area contributed by atoms with Crippen LogP contribution >= 0.6 is 11.6 Å². The van der Waals surface area contributed by atoms with Crippen LogP contribution in [0.4, 0.5) is 5.69 Å². The van der Waals surface area contributed by atoms with Crippen molar-refractivity contribution in [3.8, 4) is 0 Å². The first-order chi connectivity index (χ1) is 12.5. The van der Waals surface area contributed by atoms with Crippen molar-refractivity contribution in [3.05, 3.63) is 29.3 Å². The van der Waals surface area contributed by atoms with Crippen molar-refractivity contribution in [2.45, 2.75) is 0 Å². The predicted molar refractivity (Wildman–Crippen MR) is 97.2 cm³/mol. The van der Waals surface area contributed by atoms with Crippen molar-refractivity contribution in [2.24, 2.45) is 5.73 Å². The maximum atomic E-state index is 9.10. The Kier molecular flexibility index (Phi) is 15.0. The Morgan fingerprint density at radius 1 is 0.926 bits per heavy atom. The number of nitrogens with two attached hydrogens (primary N) is 1. The van der Waals surface area contributed by atoms with Crippen LogP contribution in [-0.2, 0) is 19.2 Å². The fourth-order valence-electron chi connectivity index (χ4n) is 1.30. The number of hydrogen-bond acceptors (Lipinski definition) is 7. The maximum absolute atomic E-state index is 9.10. The molecule has 7 N–H and O–H groups in total. The molecule has 0 heterocycles. The van der Waals surface area contributed by atoms with Crippen LogP contribution in [0.1, 0.15) is 0 Å². The molecule has 11 nitrogen and oxygen atoms in total. The molecule has 0 aliphatic rings. The molecule has 1 aromatic rings. The fourth-order valence-corrected chi connectivity index (χ4v) is 1.42. The lowest BCUT2D eigenvalue weighted by Gasteiger charge is -2.19. The smallest absolute Gasteiger partial charge is 0.414 e. The summed E-state index contributed by atoms with van der Waals surface area (Å²) in [5.74, 6) is -7.30. The zero-order valence-corrected chi connectivity index (χ0v) is 15.2. The summed E-state index contributed by atoms with van der Waals surface area (Å²) in [4.78, 5) is 38.6. The zero-order chi connectivity index (χ0) is 21.4. The Balaban J connectivity index is 0. The number of carboxylic acids is 4. The second kappa shape index (κ2) is 15.4. The third-order valence-electron chi connectivity index (χ3n) is 2.58. The fraction of sp³-hybridized carbons (Fsp3) is 0.333. The van der Waals surface area contributed by atoms with E-state index in [-0.39, 0.29) is 0 Å². The number of hydrogen-bond donors (Lipinski definition) is 6. The van der Waals surface area contributed by atoms with Gasteiger partial charge in [0.2, 0.25) is 0 Å². The minimum absolute atomic E-state index is 0.685. The van der Waals surface area contributed by atoms with E-state index in [0.29, 0.717) is 6.54 Å². The summed E-state index contributed by atoms with van der Waals surface area (Å²) < 4.78 is 0. The maximum Gasteiger partial charge on any atom is 0.414 e.